The van der Waals surface area contributed by atoms with E-state index < -0.39 is 22.1 Å². The molecule has 2 rings (SSSR count). The Bertz CT molecular complexity index is 625. The Morgan fingerprint density at radius 2 is 2.04 bits per heavy atom. The van der Waals surface area contributed by atoms with Crippen molar-refractivity contribution in [3.63, 3.8) is 0 Å². The summed E-state index contributed by atoms with van der Waals surface area (Å²) in [6.45, 7) is 2.67. The Labute approximate surface area is 139 Å². The van der Waals surface area contributed by atoms with Crippen molar-refractivity contribution >= 4 is 22.4 Å². The molecule has 1 saturated heterocycles. The lowest BCUT2D eigenvalue weighted by molar-refractivity contribution is -0.274. The van der Waals surface area contributed by atoms with Gasteiger partial charge in [-0.15, -0.1) is 25.6 Å². The van der Waals surface area contributed by atoms with Crippen molar-refractivity contribution < 1.29 is 26.3 Å². The fourth-order valence-corrected chi connectivity index (χ4v) is 3.70. The molecule has 0 amide bonds. The van der Waals surface area contributed by atoms with Crippen LogP contribution in [0.1, 0.15) is 19.8 Å². The van der Waals surface area contributed by atoms with E-state index in [0.29, 0.717) is 6.42 Å². The quantitative estimate of drug-likeness (QED) is 0.849. The highest BCUT2D eigenvalue weighted by Crippen LogP contribution is 2.25. The second-order valence-electron chi connectivity index (χ2n) is 5.14. The molecule has 132 valence electrons. The van der Waals surface area contributed by atoms with Gasteiger partial charge in [-0.1, -0.05) is 6.07 Å². The van der Waals surface area contributed by atoms with Crippen molar-refractivity contribution in [3.05, 3.63) is 24.3 Å². The van der Waals surface area contributed by atoms with E-state index in [2.05, 4.69) is 14.8 Å². The van der Waals surface area contributed by atoms with Gasteiger partial charge in [-0.3, -0.25) is 0 Å². The molecule has 1 aromatic carbocycles. The molecular formula is C13H18ClF3N2O3S. The SMILES string of the molecule is CC1NCCCC1NS(=O)(=O)c1cccc(OC(F)(F)F)c1.Cl. The molecule has 0 spiro atoms. The molecule has 0 bridgehead atoms. The van der Waals surface area contributed by atoms with Gasteiger partial charge in [0.05, 0.1) is 4.90 Å². The van der Waals surface area contributed by atoms with Crippen LogP contribution in [0.4, 0.5) is 13.2 Å². The maximum absolute atomic E-state index is 12.3. The van der Waals surface area contributed by atoms with Gasteiger partial charge >= 0.3 is 6.36 Å². The summed E-state index contributed by atoms with van der Waals surface area (Å²) in [5, 5.41) is 3.15. The van der Waals surface area contributed by atoms with E-state index in [4.69, 9.17) is 0 Å². The topological polar surface area (TPSA) is 67.4 Å². The van der Waals surface area contributed by atoms with Crippen LogP contribution in [0.3, 0.4) is 0 Å². The zero-order valence-corrected chi connectivity index (χ0v) is 13.9. The summed E-state index contributed by atoms with van der Waals surface area (Å²) >= 11 is 0. The van der Waals surface area contributed by atoms with Gasteiger partial charge in [0.15, 0.2) is 0 Å². The first-order valence-corrected chi connectivity index (χ1v) is 8.27. The molecule has 2 unspecified atom stereocenters. The van der Waals surface area contributed by atoms with Gasteiger partial charge in [0.25, 0.3) is 0 Å². The number of hydrogen-bond donors (Lipinski definition) is 2. The van der Waals surface area contributed by atoms with E-state index in [0.717, 1.165) is 25.1 Å². The molecular weight excluding hydrogens is 357 g/mol. The summed E-state index contributed by atoms with van der Waals surface area (Å²) in [6, 6.07) is 4.00. The highest BCUT2D eigenvalue weighted by Gasteiger charge is 2.32. The average molecular weight is 375 g/mol. The molecule has 2 N–H and O–H groups in total. The minimum absolute atomic E-state index is 0. The van der Waals surface area contributed by atoms with Crippen molar-refractivity contribution in [2.24, 2.45) is 0 Å². The molecule has 10 heteroatoms. The van der Waals surface area contributed by atoms with E-state index >= 15 is 0 Å². The highest BCUT2D eigenvalue weighted by atomic mass is 35.5. The Hall–Kier alpha value is -1.03. The summed E-state index contributed by atoms with van der Waals surface area (Å²) in [5.41, 5.74) is 0. The number of nitrogens with one attached hydrogen (secondary N) is 2. The number of ether oxygens (including phenoxy) is 1. The summed E-state index contributed by atoms with van der Waals surface area (Å²) < 4.78 is 67.4. The Morgan fingerprint density at radius 3 is 2.65 bits per heavy atom. The highest BCUT2D eigenvalue weighted by molar-refractivity contribution is 7.89. The average Bonchev–Trinajstić information content (AvgIpc) is 2.40. The van der Waals surface area contributed by atoms with Crippen molar-refractivity contribution in [2.75, 3.05) is 6.54 Å². The molecule has 2 atom stereocenters. The normalized spacial score (nSPS) is 22.3. The third-order valence-corrected chi connectivity index (χ3v) is 4.91. The minimum Gasteiger partial charge on any atom is -0.406 e. The van der Waals surface area contributed by atoms with Gasteiger partial charge in [-0.05, 0) is 38.4 Å². The standard InChI is InChI=1S/C13H17F3N2O3S.ClH/c1-9-12(6-3-7-17-9)18-22(19,20)11-5-2-4-10(8-11)21-13(14,15)16;/h2,4-5,8-9,12,17-18H,3,6-7H2,1H3;1H. The molecule has 1 heterocycles. The van der Waals surface area contributed by atoms with E-state index in [1.165, 1.54) is 12.1 Å². The summed E-state index contributed by atoms with van der Waals surface area (Å²) in [4.78, 5) is -0.257. The van der Waals surface area contributed by atoms with Crippen LogP contribution in [-0.2, 0) is 10.0 Å². The zero-order chi connectivity index (χ0) is 16.4. The minimum atomic E-state index is -4.86. The number of benzene rings is 1. The Morgan fingerprint density at radius 1 is 1.35 bits per heavy atom. The van der Waals surface area contributed by atoms with Crippen molar-refractivity contribution in [2.45, 2.75) is 43.1 Å². The van der Waals surface area contributed by atoms with Crippen LogP contribution in [0, 0.1) is 0 Å². The summed E-state index contributed by atoms with van der Waals surface area (Å²) in [7, 11) is -3.91. The van der Waals surface area contributed by atoms with Crippen LogP contribution >= 0.6 is 12.4 Å². The number of piperidine rings is 1. The van der Waals surface area contributed by atoms with Gasteiger partial charge < -0.3 is 10.1 Å². The predicted octanol–water partition coefficient (Wildman–Crippen LogP) is 2.43. The maximum atomic E-state index is 12.3. The Kier molecular flexibility index (Phi) is 6.70. The van der Waals surface area contributed by atoms with Crippen molar-refractivity contribution in [3.8, 4) is 5.75 Å². The lowest BCUT2D eigenvalue weighted by atomic mass is 10.0. The number of alkyl halides is 3. The molecule has 0 saturated carbocycles. The molecule has 0 aliphatic carbocycles. The second kappa shape index (κ2) is 7.69. The van der Waals surface area contributed by atoms with Crippen LogP contribution in [0.2, 0.25) is 0 Å². The van der Waals surface area contributed by atoms with Crippen LogP contribution in [-0.4, -0.2) is 33.4 Å². The van der Waals surface area contributed by atoms with Gasteiger partial charge in [0, 0.05) is 18.2 Å². The van der Waals surface area contributed by atoms with E-state index in [1.807, 2.05) is 6.92 Å². The van der Waals surface area contributed by atoms with Crippen molar-refractivity contribution in [1.29, 1.82) is 0 Å². The van der Waals surface area contributed by atoms with Gasteiger partial charge in [-0.2, -0.15) is 0 Å². The van der Waals surface area contributed by atoms with Gasteiger partial charge in [0.2, 0.25) is 10.0 Å². The third-order valence-electron chi connectivity index (χ3n) is 3.42. The second-order valence-corrected chi connectivity index (χ2v) is 6.85. The predicted molar refractivity (Wildman–Crippen MR) is 81.2 cm³/mol. The van der Waals surface area contributed by atoms with Crippen LogP contribution < -0.4 is 14.8 Å². The number of rotatable bonds is 4. The number of hydrogen-bond acceptors (Lipinski definition) is 4. The molecule has 1 aliphatic rings. The van der Waals surface area contributed by atoms with Gasteiger partial charge in [-0.25, -0.2) is 13.1 Å². The lowest BCUT2D eigenvalue weighted by Gasteiger charge is -2.30. The zero-order valence-electron chi connectivity index (χ0n) is 12.3. The first kappa shape index (κ1) is 20.0. The lowest BCUT2D eigenvalue weighted by Crippen LogP contribution is -2.51. The third kappa shape index (κ3) is 5.83. The number of sulfonamides is 1. The monoisotopic (exact) mass is 374 g/mol. The van der Waals surface area contributed by atoms with Crippen LogP contribution in [0.25, 0.3) is 0 Å². The first-order chi connectivity index (χ1) is 10.2. The summed E-state index contributed by atoms with van der Waals surface area (Å²) in [5.74, 6) is -0.565. The van der Waals surface area contributed by atoms with E-state index in [9.17, 15) is 21.6 Å². The van der Waals surface area contributed by atoms with Crippen LogP contribution in [0.5, 0.6) is 5.75 Å². The summed E-state index contributed by atoms with van der Waals surface area (Å²) in [6.07, 6.45) is -3.36. The molecule has 0 aromatic heterocycles. The molecule has 23 heavy (non-hydrogen) atoms. The van der Waals surface area contributed by atoms with Gasteiger partial charge in [0.1, 0.15) is 5.75 Å². The molecule has 0 radical (unpaired) electrons. The van der Waals surface area contributed by atoms with E-state index in [1.54, 1.807) is 0 Å². The number of halogens is 4. The smallest absolute Gasteiger partial charge is 0.406 e. The molecule has 1 fully saturated rings. The fourth-order valence-electron chi connectivity index (χ4n) is 2.31. The fraction of sp³-hybridized carbons (Fsp3) is 0.538. The molecule has 5 nitrogen and oxygen atoms in total. The van der Waals surface area contributed by atoms with Crippen molar-refractivity contribution in [1.82, 2.24) is 10.0 Å². The maximum Gasteiger partial charge on any atom is 0.573 e. The largest absolute Gasteiger partial charge is 0.573 e. The molecule has 1 aliphatic heterocycles. The van der Waals surface area contributed by atoms with E-state index in [-0.39, 0.29) is 29.4 Å². The molecule has 1 aromatic rings. The first-order valence-electron chi connectivity index (χ1n) is 6.79. The van der Waals surface area contributed by atoms with Crippen LogP contribution in [0.15, 0.2) is 29.2 Å². The Balaban J connectivity index is 0.00000264.